The summed E-state index contributed by atoms with van der Waals surface area (Å²) in [7, 11) is 2.88. The number of rotatable bonds is 4. The van der Waals surface area contributed by atoms with E-state index in [9.17, 15) is 4.79 Å². The first kappa shape index (κ1) is 14.5. The van der Waals surface area contributed by atoms with Gasteiger partial charge < -0.3 is 0 Å². The Hall–Kier alpha value is -0.871. The van der Waals surface area contributed by atoms with E-state index in [2.05, 4.69) is 12.1 Å². The average molecular weight is 329 g/mol. The van der Waals surface area contributed by atoms with Crippen LogP contribution in [0.3, 0.4) is 0 Å². The van der Waals surface area contributed by atoms with Crippen LogP contribution in [0.15, 0.2) is 30.3 Å². The second kappa shape index (κ2) is 6.53. The van der Waals surface area contributed by atoms with Gasteiger partial charge in [-0.05, 0) is 0 Å². The molecule has 0 amide bonds. The molecule has 104 valence electrons. The summed E-state index contributed by atoms with van der Waals surface area (Å²) in [6, 6.07) is 10.2. The summed E-state index contributed by atoms with van der Waals surface area (Å²) in [4.78, 5) is 12.1. The zero-order chi connectivity index (χ0) is 13.7. The number of hydrogen-bond acceptors (Lipinski definition) is 4. The predicted molar refractivity (Wildman–Crippen MR) is 72.5 cm³/mol. The van der Waals surface area contributed by atoms with Gasteiger partial charge in [0.2, 0.25) is 0 Å². The van der Waals surface area contributed by atoms with E-state index in [0.717, 1.165) is 12.8 Å². The Morgan fingerprint density at radius 3 is 2.74 bits per heavy atom. The summed E-state index contributed by atoms with van der Waals surface area (Å²) in [5.41, 5.74) is 0. The van der Waals surface area contributed by atoms with Crippen molar-refractivity contribution in [1.82, 2.24) is 0 Å². The van der Waals surface area contributed by atoms with E-state index < -0.39 is 11.8 Å². The number of methoxy groups -OCH3 is 2. The maximum absolute atomic E-state index is 12.1. The number of ether oxygens (including phenoxy) is 3. The number of esters is 1. The number of benzene rings is 1. The van der Waals surface area contributed by atoms with Crippen molar-refractivity contribution in [3.8, 4) is 0 Å². The number of carbonyl (C=O) groups excluding carboxylic acids is 1. The zero-order valence-electron chi connectivity index (χ0n) is 11.1. The van der Waals surface area contributed by atoms with Crippen molar-refractivity contribution in [3.63, 3.8) is 0 Å². The van der Waals surface area contributed by atoms with E-state index in [-0.39, 0.29) is 19.8 Å². The molecule has 19 heavy (non-hydrogen) atoms. The fourth-order valence-corrected chi connectivity index (χ4v) is 5.00. The van der Waals surface area contributed by atoms with Gasteiger partial charge in [-0.1, -0.05) is 0 Å². The molecule has 5 heteroatoms. The molecule has 0 aromatic heterocycles. The monoisotopic (exact) mass is 330 g/mol. The molecular formula is C14H18O4Se. The second-order valence-corrected chi connectivity index (χ2v) is 6.95. The molecule has 1 aliphatic rings. The molecule has 4 nitrogen and oxygen atoms in total. The predicted octanol–water partition coefficient (Wildman–Crippen LogP) is 1.13. The van der Waals surface area contributed by atoms with Crippen molar-refractivity contribution in [2.45, 2.75) is 23.4 Å². The summed E-state index contributed by atoms with van der Waals surface area (Å²) in [5.74, 6) is -1.67. The van der Waals surface area contributed by atoms with Crippen LogP contribution in [0.25, 0.3) is 0 Å². The molecule has 1 heterocycles. The molecule has 0 radical (unpaired) electrons. The molecule has 0 spiro atoms. The molecule has 0 bridgehead atoms. The molecular weight excluding hydrogens is 311 g/mol. The first-order chi connectivity index (χ1) is 9.23. The van der Waals surface area contributed by atoms with Gasteiger partial charge in [-0.15, -0.1) is 0 Å². The van der Waals surface area contributed by atoms with E-state index in [1.807, 2.05) is 18.2 Å². The van der Waals surface area contributed by atoms with Crippen molar-refractivity contribution in [3.05, 3.63) is 30.3 Å². The quantitative estimate of drug-likeness (QED) is 0.614. The molecule has 2 atom stereocenters. The molecule has 0 unspecified atom stereocenters. The van der Waals surface area contributed by atoms with Crippen molar-refractivity contribution < 1.29 is 19.0 Å². The van der Waals surface area contributed by atoms with Gasteiger partial charge in [-0.3, -0.25) is 0 Å². The summed E-state index contributed by atoms with van der Waals surface area (Å²) in [5, 5.41) is 0. The van der Waals surface area contributed by atoms with E-state index in [1.54, 1.807) is 0 Å². The minimum atomic E-state index is -1.23. The van der Waals surface area contributed by atoms with Crippen LogP contribution in [0.2, 0.25) is 4.82 Å². The molecule has 1 fully saturated rings. The average Bonchev–Trinajstić information content (AvgIpc) is 2.48. The Balaban J connectivity index is 2.22. The van der Waals surface area contributed by atoms with Gasteiger partial charge in [0, 0.05) is 0 Å². The first-order valence-corrected chi connectivity index (χ1v) is 8.06. The third kappa shape index (κ3) is 3.00. The standard InChI is InChI=1S/C14H18O4Se/c1-16-13(15)14(17-2)12(9-6-10-18-14)19-11-7-4-3-5-8-11/h3-5,7-8,12H,6,9-10H2,1-2H3/t12-,14+/m0/s1. The third-order valence-electron chi connectivity index (χ3n) is 3.15. The molecule has 1 aromatic rings. The van der Waals surface area contributed by atoms with E-state index in [4.69, 9.17) is 14.2 Å². The van der Waals surface area contributed by atoms with Gasteiger partial charge in [0.05, 0.1) is 0 Å². The molecule has 0 saturated carbocycles. The van der Waals surface area contributed by atoms with Gasteiger partial charge in [0.15, 0.2) is 0 Å². The fourth-order valence-electron chi connectivity index (χ4n) is 2.18. The van der Waals surface area contributed by atoms with Crippen molar-refractivity contribution >= 4 is 25.4 Å². The SMILES string of the molecule is COC(=O)[C@]1(OC)OCCC[C@@H]1[Se]c1ccccc1. The Labute approximate surface area is 119 Å². The van der Waals surface area contributed by atoms with Crippen LogP contribution in [0.4, 0.5) is 0 Å². The van der Waals surface area contributed by atoms with Crippen LogP contribution >= 0.6 is 0 Å². The van der Waals surface area contributed by atoms with Crippen LogP contribution in [0.1, 0.15) is 12.8 Å². The molecule has 1 aliphatic heterocycles. The van der Waals surface area contributed by atoms with Crippen LogP contribution in [0, 0.1) is 0 Å². The summed E-state index contributed by atoms with van der Waals surface area (Å²) in [6.07, 6.45) is 1.86. The van der Waals surface area contributed by atoms with E-state index >= 15 is 0 Å². The van der Waals surface area contributed by atoms with Gasteiger partial charge in [0.25, 0.3) is 0 Å². The molecule has 0 aliphatic carbocycles. The van der Waals surface area contributed by atoms with Gasteiger partial charge >= 0.3 is 119 Å². The van der Waals surface area contributed by atoms with Crippen LogP contribution in [-0.4, -0.2) is 47.5 Å². The van der Waals surface area contributed by atoms with Crippen molar-refractivity contribution in [2.24, 2.45) is 0 Å². The second-order valence-electron chi connectivity index (χ2n) is 4.27. The van der Waals surface area contributed by atoms with Crippen LogP contribution < -0.4 is 4.46 Å². The summed E-state index contributed by atoms with van der Waals surface area (Å²) >= 11 is 0.103. The Morgan fingerprint density at radius 1 is 1.37 bits per heavy atom. The summed E-state index contributed by atoms with van der Waals surface area (Å²) in [6.45, 7) is 0.532. The third-order valence-corrected chi connectivity index (χ3v) is 6.03. The van der Waals surface area contributed by atoms with Gasteiger partial charge in [-0.25, -0.2) is 0 Å². The van der Waals surface area contributed by atoms with E-state index in [1.165, 1.54) is 18.7 Å². The minimum absolute atomic E-state index is 0.0357. The van der Waals surface area contributed by atoms with E-state index in [0.29, 0.717) is 6.61 Å². The first-order valence-electron chi connectivity index (χ1n) is 6.22. The summed E-state index contributed by atoms with van der Waals surface area (Å²) < 4.78 is 17.2. The van der Waals surface area contributed by atoms with Gasteiger partial charge in [-0.2, -0.15) is 0 Å². The Morgan fingerprint density at radius 2 is 2.11 bits per heavy atom. The number of carbonyl (C=O) groups is 1. The van der Waals surface area contributed by atoms with Crippen LogP contribution in [-0.2, 0) is 19.0 Å². The van der Waals surface area contributed by atoms with Crippen LogP contribution in [0.5, 0.6) is 0 Å². The topological polar surface area (TPSA) is 44.8 Å². The Bertz CT molecular complexity index is 423. The van der Waals surface area contributed by atoms with Crippen molar-refractivity contribution in [2.75, 3.05) is 20.8 Å². The normalized spacial score (nSPS) is 26.9. The molecule has 0 N–H and O–H groups in total. The van der Waals surface area contributed by atoms with Gasteiger partial charge in [0.1, 0.15) is 0 Å². The van der Waals surface area contributed by atoms with Crippen molar-refractivity contribution in [1.29, 1.82) is 0 Å². The fraction of sp³-hybridized carbons (Fsp3) is 0.500. The maximum atomic E-state index is 12.1. The molecule has 2 rings (SSSR count). The molecule has 1 saturated heterocycles. The number of hydrogen-bond donors (Lipinski definition) is 0. The molecule has 1 aromatic carbocycles. The zero-order valence-corrected chi connectivity index (χ0v) is 12.8. The Kier molecular flexibility index (Phi) is 4.99.